The molecule has 0 aliphatic carbocycles. The standard InChI is InChI=1S/C16H15N3OS/c1-10-2-3-11(8-18-10)9-19-16(20)15-7-12-6-13(17)4-5-14(12)21-15/h2-8H,9,17H2,1H3,(H,19,20). The minimum absolute atomic E-state index is 0.0738. The number of carbonyl (C=O) groups excluding carboxylic acids is 1. The van der Waals surface area contributed by atoms with Crippen molar-refractivity contribution >= 4 is 33.0 Å². The van der Waals surface area contributed by atoms with Crippen LogP contribution in [0.15, 0.2) is 42.6 Å². The normalized spacial score (nSPS) is 10.7. The molecule has 3 N–H and O–H groups in total. The molecular weight excluding hydrogens is 282 g/mol. The molecule has 3 rings (SSSR count). The number of nitrogens with zero attached hydrogens (tertiary/aromatic N) is 1. The fraction of sp³-hybridized carbons (Fsp3) is 0.125. The van der Waals surface area contributed by atoms with Crippen LogP contribution in [0.1, 0.15) is 20.9 Å². The fourth-order valence-electron chi connectivity index (χ4n) is 2.05. The van der Waals surface area contributed by atoms with Gasteiger partial charge in [0.25, 0.3) is 5.91 Å². The van der Waals surface area contributed by atoms with Crippen LogP contribution in [0.25, 0.3) is 10.1 Å². The van der Waals surface area contributed by atoms with Crippen molar-refractivity contribution in [1.29, 1.82) is 0 Å². The van der Waals surface area contributed by atoms with Crippen LogP contribution in [0.4, 0.5) is 5.69 Å². The highest BCUT2D eigenvalue weighted by Gasteiger charge is 2.10. The molecule has 2 aromatic heterocycles. The summed E-state index contributed by atoms with van der Waals surface area (Å²) in [6, 6.07) is 11.4. The lowest BCUT2D eigenvalue weighted by Gasteiger charge is -2.03. The summed E-state index contributed by atoms with van der Waals surface area (Å²) in [4.78, 5) is 17.1. The van der Waals surface area contributed by atoms with Crippen molar-refractivity contribution in [3.05, 3.63) is 58.7 Å². The van der Waals surface area contributed by atoms with Crippen LogP contribution in [0.2, 0.25) is 0 Å². The van der Waals surface area contributed by atoms with Crippen LogP contribution in [-0.4, -0.2) is 10.9 Å². The summed E-state index contributed by atoms with van der Waals surface area (Å²) in [6.45, 7) is 2.41. The highest BCUT2D eigenvalue weighted by Crippen LogP contribution is 2.27. The van der Waals surface area contributed by atoms with E-state index in [0.29, 0.717) is 17.1 Å². The van der Waals surface area contributed by atoms with Gasteiger partial charge in [0.2, 0.25) is 0 Å². The van der Waals surface area contributed by atoms with Gasteiger partial charge in [-0.3, -0.25) is 9.78 Å². The van der Waals surface area contributed by atoms with E-state index in [4.69, 9.17) is 5.73 Å². The predicted molar refractivity (Wildman–Crippen MR) is 86.4 cm³/mol. The molecule has 5 heteroatoms. The van der Waals surface area contributed by atoms with Gasteiger partial charge in [-0.05, 0) is 48.2 Å². The minimum atomic E-state index is -0.0738. The largest absolute Gasteiger partial charge is 0.399 e. The molecule has 0 unspecified atom stereocenters. The molecule has 0 saturated heterocycles. The molecule has 1 amide bonds. The molecule has 0 fully saturated rings. The maximum atomic E-state index is 12.2. The van der Waals surface area contributed by atoms with Gasteiger partial charge in [0.15, 0.2) is 0 Å². The number of carbonyl (C=O) groups is 1. The highest BCUT2D eigenvalue weighted by atomic mass is 32.1. The van der Waals surface area contributed by atoms with Crippen LogP contribution in [0.3, 0.4) is 0 Å². The second kappa shape index (κ2) is 5.54. The van der Waals surface area contributed by atoms with Crippen molar-refractivity contribution in [3.63, 3.8) is 0 Å². The Hall–Kier alpha value is -2.40. The predicted octanol–water partition coefficient (Wildman–Crippen LogP) is 3.12. The number of benzene rings is 1. The van der Waals surface area contributed by atoms with Crippen molar-refractivity contribution in [2.75, 3.05) is 5.73 Å². The summed E-state index contributed by atoms with van der Waals surface area (Å²) in [5, 5.41) is 3.91. The molecule has 0 saturated carbocycles. The van der Waals surface area contributed by atoms with Crippen LogP contribution in [-0.2, 0) is 6.54 Å². The number of aryl methyl sites for hydroxylation is 1. The van der Waals surface area contributed by atoms with E-state index in [-0.39, 0.29) is 5.91 Å². The zero-order chi connectivity index (χ0) is 14.8. The number of fused-ring (bicyclic) bond motifs is 1. The van der Waals surface area contributed by atoms with E-state index in [2.05, 4.69) is 10.3 Å². The van der Waals surface area contributed by atoms with Crippen molar-refractivity contribution in [3.8, 4) is 0 Å². The Bertz CT molecular complexity index is 793. The van der Waals surface area contributed by atoms with Crippen molar-refractivity contribution in [2.24, 2.45) is 0 Å². The minimum Gasteiger partial charge on any atom is -0.399 e. The maximum Gasteiger partial charge on any atom is 0.261 e. The molecule has 4 nitrogen and oxygen atoms in total. The lowest BCUT2D eigenvalue weighted by molar-refractivity contribution is 0.0955. The van der Waals surface area contributed by atoms with Gasteiger partial charge in [-0.15, -0.1) is 11.3 Å². The van der Waals surface area contributed by atoms with E-state index < -0.39 is 0 Å². The summed E-state index contributed by atoms with van der Waals surface area (Å²) in [6.07, 6.45) is 1.78. The molecule has 2 heterocycles. The van der Waals surface area contributed by atoms with Crippen LogP contribution in [0, 0.1) is 6.92 Å². The Balaban J connectivity index is 1.73. The van der Waals surface area contributed by atoms with Gasteiger partial charge in [-0.25, -0.2) is 0 Å². The first-order valence-electron chi connectivity index (χ1n) is 6.60. The Morgan fingerprint density at radius 1 is 1.29 bits per heavy atom. The number of nitrogen functional groups attached to an aromatic ring is 1. The first-order valence-corrected chi connectivity index (χ1v) is 7.42. The van der Waals surface area contributed by atoms with Crippen LogP contribution in [0.5, 0.6) is 0 Å². The third-order valence-electron chi connectivity index (χ3n) is 3.19. The third kappa shape index (κ3) is 3.03. The van der Waals surface area contributed by atoms with Gasteiger partial charge in [0, 0.05) is 28.8 Å². The van der Waals surface area contributed by atoms with E-state index in [1.165, 1.54) is 11.3 Å². The fourth-order valence-corrected chi connectivity index (χ4v) is 3.01. The number of nitrogens with one attached hydrogen (secondary N) is 1. The number of anilines is 1. The Morgan fingerprint density at radius 3 is 2.90 bits per heavy atom. The molecule has 0 aliphatic heterocycles. The third-order valence-corrected chi connectivity index (χ3v) is 4.30. The Kier molecular flexibility index (Phi) is 3.58. The van der Waals surface area contributed by atoms with Gasteiger partial charge < -0.3 is 11.1 Å². The SMILES string of the molecule is Cc1ccc(CNC(=O)c2cc3cc(N)ccc3s2)cn1. The van der Waals surface area contributed by atoms with Gasteiger partial charge in [-0.1, -0.05) is 6.07 Å². The van der Waals surface area contributed by atoms with Crippen molar-refractivity contribution in [2.45, 2.75) is 13.5 Å². The number of thiophene rings is 1. The number of hydrogen-bond acceptors (Lipinski definition) is 4. The van der Waals surface area contributed by atoms with E-state index in [1.807, 2.05) is 43.3 Å². The number of pyridine rings is 1. The molecule has 21 heavy (non-hydrogen) atoms. The smallest absolute Gasteiger partial charge is 0.261 e. The van der Waals surface area contributed by atoms with Gasteiger partial charge in [0.1, 0.15) is 0 Å². The molecule has 0 aliphatic rings. The molecule has 0 spiro atoms. The van der Waals surface area contributed by atoms with E-state index >= 15 is 0 Å². The topological polar surface area (TPSA) is 68.0 Å². The van der Waals surface area contributed by atoms with Gasteiger partial charge in [0.05, 0.1) is 4.88 Å². The van der Waals surface area contributed by atoms with Gasteiger partial charge >= 0.3 is 0 Å². The molecule has 1 aromatic carbocycles. The highest BCUT2D eigenvalue weighted by molar-refractivity contribution is 7.20. The molecule has 106 valence electrons. The van der Waals surface area contributed by atoms with Crippen molar-refractivity contribution < 1.29 is 4.79 Å². The first kappa shape index (κ1) is 13.6. The number of rotatable bonds is 3. The average Bonchev–Trinajstić information content (AvgIpc) is 2.89. The van der Waals surface area contributed by atoms with E-state index in [0.717, 1.165) is 21.3 Å². The lowest BCUT2D eigenvalue weighted by Crippen LogP contribution is -2.21. The number of amides is 1. The molecular formula is C16H15N3OS. The average molecular weight is 297 g/mol. The van der Waals surface area contributed by atoms with E-state index in [1.54, 1.807) is 6.20 Å². The van der Waals surface area contributed by atoms with E-state index in [9.17, 15) is 4.79 Å². The summed E-state index contributed by atoms with van der Waals surface area (Å²) in [5.41, 5.74) is 8.41. The lowest BCUT2D eigenvalue weighted by atomic mass is 10.2. The second-order valence-corrected chi connectivity index (χ2v) is 5.98. The zero-order valence-corrected chi connectivity index (χ0v) is 12.4. The number of hydrogen-bond donors (Lipinski definition) is 2. The zero-order valence-electron chi connectivity index (χ0n) is 11.6. The Labute approximate surface area is 126 Å². The Morgan fingerprint density at radius 2 is 2.14 bits per heavy atom. The molecule has 0 radical (unpaired) electrons. The second-order valence-electron chi connectivity index (χ2n) is 4.90. The monoisotopic (exact) mass is 297 g/mol. The number of nitrogens with two attached hydrogens (primary N) is 1. The van der Waals surface area contributed by atoms with Crippen LogP contribution < -0.4 is 11.1 Å². The molecule has 3 aromatic rings. The van der Waals surface area contributed by atoms with Crippen LogP contribution >= 0.6 is 11.3 Å². The summed E-state index contributed by atoms with van der Waals surface area (Å²) < 4.78 is 1.06. The van der Waals surface area contributed by atoms with Crippen molar-refractivity contribution in [1.82, 2.24) is 10.3 Å². The summed E-state index contributed by atoms with van der Waals surface area (Å²) in [7, 11) is 0. The van der Waals surface area contributed by atoms with Gasteiger partial charge in [-0.2, -0.15) is 0 Å². The number of aromatic nitrogens is 1. The quantitative estimate of drug-likeness (QED) is 0.730. The summed E-state index contributed by atoms with van der Waals surface area (Å²) in [5.74, 6) is -0.0738. The molecule has 0 bridgehead atoms. The first-order chi connectivity index (χ1) is 10.1. The maximum absolute atomic E-state index is 12.2. The summed E-state index contributed by atoms with van der Waals surface area (Å²) >= 11 is 1.47. The molecule has 0 atom stereocenters.